The van der Waals surface area contributed by atoms with Crippen molar-refractivity contribution in [3.63, 3.8) is 0 Å². The van der Waals surface area contributed by atoms with Crippen molar-refractivity contribution in [2.24, 2.45) is 5.92 Å². The number of carbonyl (C=O) groups excluding carboxylic acids is 3. The largest absolute Gasteiger partial charge is 0.465 e. The summed E-state index contributed by atoms with van der Waals surface area (Å²) in [5.74, 6) is -0.917. The Morgan fingerprint density at radius 3 is 2.25 bits per heavy atom. The summed E-state index contributed by atoms with van der Waals surface area (Å²) < 4.78 is 9.31. The number of urea groups is 1. The van der Waals surface area contributed by atoms with Crippen LogP contribution in [0.3, 0.4) is 0 Å². The van der Waals surface area contributed by atoms with Crippen molar-refractivity contribution in [1.82, 2.24) is 5.32 Å². The van der Waals surface area contributed by atoms with E-state index in [0.717, 1.165) is 5.57 Å². The van der Waals surface area contributed by atoms with E-state index in [2.05, 4.69) is 20.1 Å². The number of esters is 2. The number of benzene rings is 1. The molecule has 0 saturated heterocycles. The molecule has 0 radical (unpaired) electrons. The van der Waals surface area contributed by atoms with Crippen LogP contribution in [-0.2, 0) is 9.47 Å². The minimum Gasteiger partial charge on any atom is -0.465 e. The average Bonchev–Trinajstić information content (AvgIpc) is 2.57. The number of ether oxygens (including phenoxy) is 2. The zero-order chi connectivity index (χ0) is 18.3. The molecule has 7 nitrogen and oxygen atoms in total. The zero-order valence-corrected chi connectivity index (χ0v) is 14.4. The lowest BCUT2D eigenvalue weighted by molar-refractivity contribution is 0.0587. The van der Waals surface area contributed by atoms with Crippen LogP contribution < -0.4 is 10.6 Å². The van der Waals surface area contributed by atoms with Crippen molar-refractivity contribution in [3.05, 3.63) is 41.1 Å². The second kappa shape index (κ2) is 8.71. The lowest BCUT2D eigenvalue weighted by atomic mass is 10.1. The van der Waals surface area contributed by atoms with Gasteiger partial charge in [0.15, 0.2) is 0 Å². The topological polar surface area (TPSA) is 93.7 Å². The van der Waals surface area contributed by atoms with Crippen LogP contribution in [0.2, 0.25) is 0 Å². The molecule has 0 heterocycles. The third-order valence-corrected chi connectivity index (χ3v) is 3.44. The molecule has 0 atom stereocenters. The van der Waals surface area contributed by atoms with Crippen LogP contribution in [-0.4, -0.2) is 32.2 Å². The van der Waals surface area contributed by atoms with Crippen molar-refractivity contribution in [2.75, 3.05) is 19.5 Å². The highest BCUT2D eigenvalue weighted by Crippen LogP contribution is 2.19. The molecule has 2 N–H and O–H groups in total. The fraction of sp³-hybridized carbons (Fsp3) is 0.353. The van der Waals surface area contributed by atoms with Gasteiger partial charge in [0.25, 0.3) is 0 Å². The normalized spacial score (nSPS) is 11.0. The van der Waals surface area contributed by atoms with Gasteiger partial charge in [-0.1, -0.05) is 19.4 Å². The fourth-order valence-electron chi connectivity index (χ4n) is 1.68. The summed E-state index contributed by atoms with van der Waals surface area (Å²) in [6, 6.07) is 3.63. The summed E-state index contributed by atoms with van der Waals surface area (Å²) in [6.45, 7) is 5.89. The number of amides is 2. The van der Waals surface area contributed by atoms with Gasteiger partial charge in [0, 0.05) is 6.20 Å². The van der Waals surface area contributed by atoms with Crippen molar-refractivity contribution in [2.45, 2.75) is 20.8 Å². The monoisotopic (exact) mass is 334 g/mol. The van der Waals surface area contributed by atoms with Gasteiger partial charge >= 0.3 is 18.0 Å². The molecular formula is C17H22N2O5. The molecule has 0 bridgehead atoms. The van der Waals surface area contributed by atoms with Gasteiger partial charge in [-0.3, -0.25) is 0 Å². The lowest BCUT2D eigenvalue weighted by Crippen LogP contribution is -2.26. The summed E-state index contributed by atoms with van der Waals surface area (Å²) >= 11 is 0. The molecule has 1 aromatic carbocycles. The number of hydrogen-bond acceptors (Lipinski definition) is 5. The maximum atomic E-state index is 12.0. The van der Waals surface area contributed by atoms with E-state index in [9.17, 15) is 14.4 Å². The Kier molecular flexibility index (Phi) is 6.98. The Labute approximate surface area is 141 Å². The quantitative estimate of drug-likeness (QED) is 0.808. The Morgan fingerprint density at radius 2 is 1.71 bits per heavy atom. The highest BCUT2D eigenvalue weighted by Gasteiger charge is 2.17. The molecular weight excluding hydrogens is 312 g/mol. The zero-order valence-electron chi connectivity index (χ0n) is 14.4. The van der Waals surface area contributed by atoms with E-state index in [1.54, 1.807) is 6.20 Å². The van der Waals surface area contributed by atoms with E-state index in [1.165, 1.54) is 32.4 Å². The molecule has 24 heavy (non-hydrogen) atoms. The highest BCUT2D eigenvalue weighted by molar-refractivity contribution is 6.03. The minimum absolute atomic E-state index is 0.130. The van der Waals surface area contributed by atoms with E-state index in [4.69, 9.17) is 0 Å². The Hall–Kier alpha value is -2.83. The van der Waals surface area contributed by atoms with Crippen LogP contribution in [0.25, 0.3) is 0 Å². The molecule has 130 valence electrons. The Bertz CT molecular complexity index is 665. The molecule has 1 aromatic rings. The molecule has 7 heteroatoms. The molecule has 0 aliphatic rings. The van der Waals surface area contributed by atoms with Crippen molar-refractivity contribution in [3.8, 4) is 0 Å². The van der Waals surface area contributed by atoms with Crippen LogP contribution in [0.15, 0.2) is 30.0 Å². The number of allylic oxidation sites excluding steroid dienone is 1. The van der Waals surface area contributed by atoms with Gasteiger partial charge in [-0.15, -0.1) is 0 Å². The molecule has 0 fully saturated rings. The predicted molar refractivity (Wildman–Crippen MR) is 89.9 cm³/mol. The van der Waals surface area contributed by atoms with Gasteiger partial charge in [-0.25, -0.2) is 14.4 Å². The Morgan fingerprint density at radius 1 is 1.08 bits per heavy atom. The van der Waals surface area contributed by atoms with Crippen LogP contribution in [0, 0.1) is 5.92 Å². The smallest absolute Gasteiger partial charge is 0.339 e. The van der Waals surface area contributed by atoms with Gasteiger partial charge in [0.1, 0.15) is 0 Å². The van der Waals surface area contributed by atoms with Gasteiger partial charge in [-0.2, -0.15) is 0 Å². The minimum atomic E-state index is -0.629. The molecule has 0 aliphatic carbocycles. The van der Waals surface area contributed by atoms with E-state index in [0.29, 0.717) is 5.92 Å². The number of methoxy groups -OCH3 is 2. The van der Waals surface area contributed by atoms with E-state index < -0.39 is 18.0 Å². The van der Waals surface area contributed by atoms with Gasteiger partial charge in [0.05, 0.1) is 31.0 Å². The predicted octanol–water partition coefficient (Wildman–Crippen LogP) is 2.94. The number of hydrogen-bond donors (Lipinski definition) is 2. The van der Waals surface area contributed by atoms with Crippen LogP contribution >= 0.6 is 0 Å². The second-order valence-corrected chi connectivity index (χ2v) is 5.39. The van der Waals surface area contributed by atoms with E-state index in [1.807, 2.05) is 20.8 Å². The number of carbonyl (C=O) groups is 3. The summed E-state index contributed by atoms with van der Waals surface area (Å²) in [5, 5.41) is 5.11. The summed E-state index contributed by atoms with van der Waals surface area (Å²) in [4.78, 5) is 35.4. The fourth-order valence-corrected chi connectivity index (χ4v) is 1.68. The molecule has 0 aromatic heterocycles. The molecule has 0 aliphatic heterocycles. The summed E-state index contributed by atoms with van der Waals surface area (Å²) in [5.41, 5.74) is 1.47. The third kappa shape index (κ3) is 5.12. The highest BCUT2D eigenvalue weighted by atomic mass is 16.5. The number of anilines is 1. The lowest BCUT2D eigenvalue weighted by Gasteiger charge is -2.12. The SMILES string of the molecule is COC(=O)c1ccc(C(=O)OC)c(NC(=O)N/C=C(\C)C(C)C)c1. The van der Waals surface area contributed by atoms with Crippen molar-refractivity contribution >= 4 is 23.7 Å². The maximum absolute atomic E-state index is 12.0. The van der Waals surface area contributed by atoms with Crippen LogP contribution in [0.4, 0.5) is 10.5 Å². The molecule has 0 spiro atoms. The van der Waals surface area contributed by atoms with Crippen LogP contribution in [0.5, 0.6) is 0 Å². The van der Waals surface area contributed by atoms with Crippen molar-refractivity contribution in [1.29, 1.82) is 0 Å². The molecule has 2 amide bonds. The first-order valence-electron chi connectivity index (χ1n) is 7.35. The number of rotatable bonds is 5. The van der Waals surface area contributed by atoms with Crippen LogP contribution in [0.1, 0.15) is 41.5 Å². The number of nitrogens with one attached hydrogen (secondary N) is 2. The average molecular weight is 334 g/mol. The summed E-state index contributed by atoms with van der Waals surface area (Å²) in [7, 11) is 2.48. The maximum Gasteiger partial charge on any atom is 0.339 e. The molecule has 1 rings (SSSR count). The van der Waals surface area contributed by atoms with Gasteiger partial charge < -0.3 is 20.1 Å². The Balaban J connectivity index is 3.05. The third-order valence-electron chi connectivity index (χ3n) is 3.44. The van der Waals surface area contributed by atoms with E-state index >= 15 is 0 Å². The van der Waals surface area contributed by atoms with Crippen molar-refractivity contribution < 1.29 is 23.9 Å². The van der Waals surface area contributed by atoms with E-state index in [-0.39, 0.29) is 16.8 Å². The molecule has 0 saturated carbocycles. The first-order chi connectivity index (χ1) is 11.3. The first-order valence-corrected chi connectivity index (χ1v) is 7.35. The summed E-state index contributed by atoms with van der Waals surface area (Å²) in [6.07, 6.45) is 1.59. The second-order valence-electron chi connectivity index (χ2n) is 5.39. The standard InChI is InChI=1S/C17H22N2O5/c1-10(2)11(3)9-18-17(22)19-14-8-12(15(20)23-4)6-7-13(14)16(21)24-5/h6-10H,1-5H3,(H2,18,19,22)/b11-9+. The molecule has 0 unspecified atom stereocenters. The first kappa shape index (κ1) is 19.2. The van der Waals surface area contributed by atoms with Gasteiger partial charge in [-0.05, 0) is 31.0 Å². The van der Waals surface area contributed by atoms with Gasteiger partial charge in [0.2, 0.25) is 0 Å².